The summed E-state index contributed by atoms with van der Waals surface area (Å²) >= 11 is 1.41. The van der Waals surface area contributed by atoms with Crippen LogP contribution in [0.2, 0.25) is 0 Å². The fourth-order valence-corrected chi connectivity index (χ4v) is 2.91. The molecule has 1 heterocycles. The molecule has 1 saturated carbocycles. The normalized spacial score (nSPS) is 17.2. The minimum atomic E-state index is 0.593. The van der Waals surface area contributed by atoms with Gasteiger partial charge >= 0.3 is 0 Å². The molecule has 0 aromatic carbocycles. The number of anilines is 1. The van der Waals surface area contributed by atoms with Gasteiger partial charge in [-0.1, -0.05) is 23.8 Å². The minimum Gasteiger partial charge on any atom is -0.375 e. The average Bonchev–Trinajstić information content (AvgIpc) is 2.79. The highest BCUT2D eigenvalue weighted by atomic mass is 32.1. The van der Waals surface area contributed by atoms with Gasteiger partial charge in [0.2, 0.25) is 0 Å². The molecule has 2 rings (SSSR count). The van der Waals surface area contributed by atoms with E-state index in [1.165, 1.54) is 43.6 Å². The molecular weight excluding hydrogens is 234 g/mol. The molecule has 1 aromatic heterocycles. The molecule has 5 heteroatoms. The van der Waals surface area contributed by atoms with E-state index in [0.717, 1.165) is 29.8 Å². The molecule has 4 nitrogen and oxygen atoms in total. The van der Waals surface area contributed by atoms with E-state index in [2.05, 4.69) is 21.8 Å². The molecule has 0 amide bonds. The van der Waals surface area contributed by atoms with E-state index >= 15 is 0 Å². The quantitative estimate of drug-likeness (QED) is 0.848. The third-order valence-electron chi connectivity index (χ3n) is 3.21. The molecule has 0 bridgehead atoms. The molecule has 0 radical (unpaired) electrons. The Balaban J connectivity index is 1.71. The van der Waals surface area contributed by atoms with Gasteiger partial charge in [-0.2, -0.15) is 0 Å². The lowest BCUT2D eigenvalue weighted by Gasteiger charge is -2.21. The van der Waals surface area contributed by atoms with Gasteiger partial charge in [0.25, 0.3) is 0 Å². The summed E-state index contributed by atoms with van der Waals surface area (Å²) in [5.74, 6) is 0.762. The van der Waals surface area contributed by atoms with Crippen LogP contribution in [0, 0.1) is 5.92 Å². The van der Waals surface area contributed by atoms with Crippen LogP contribution in [-0.2, 0) is 11.3 Å². The Kier molecular flexibility index (Phi) is 5.19. The lowest BCUT2D eigenvalue weighted by atomic mass is 9.90. The minimum absolute atomic E-state index is 0.593. The van der Waals surface area contributed by atoms with Gasteiger partial charge in [0.1, 0.15) is 10.7 Å². The molecular formula is C12H21N3OS. The Hall–Kier alpha value is -0.680. The molecule has 96 valence electrons. The second-order valence-corrected chi connectivity index (χ2v) is 5.35. The van der Waals surface area contributed by atoms with Crippen molar-refractivity contribution in [1.29, 1.82) is 0 Å². The fraction of sp³-hybridized carbons (Fsp3) is 0.833. The Morgan fingerprint density at radius 3 is 2.94 bits per heavy atom. The second-order valence-electron chi connectivity index (χ2n) is 4.60. The maximum Gasteiger partial charge on any atom is 0.135 e. The molecule has 0 aliphatic heterocycles. The van der Waals surface area contributed by atoms with Crippen LogP contribution in [0.5, 0.6) is 0 Å². The zero-order valence-corrected chi connectivity index (χ0v) is 11.3. The molecule has 0 spiro atoms. The first kappa shape index (κ1) is 12.8. The van der Waals surface area contributed by atoms with Crippen molar-refractivity contribution in [2.75, 3.05) is 18.5 Å². The van der Waals surface area contributed by atoms with Crippen molar-refractivity contribution in [3.8, 4) is 0 Å². The molecule has 1 aliphatic carbocycles. The summed E-state index contributed by atoms with van der Waals surface area (Å²) in [6.45, 7) is 4.45. The summed E-state index contributed by atoms with van der Waals surface area (Å²) in [7, 11) is 0. The second kappa shape index (κ2) is 6.91. The highest BCUT2D eigenvalue weighted by molar-refractivity contribution is 7.10. The summed E-state index contributed by atoms with van der Waals surface area (Å²) < 4.78 is 9.72. The Bertz CT molecular complexity index is 323. The van der Waals surface area contributed by atoms with E-state index in [4.69, 9.17) is 4.74 Å². The molecule has 0 unspecified atom stereocenters. The number of nitrogens with zero attached hydrogens (tertiary/aromatic N) is 2. The third-order valence-corrected chi connectivity index (χ3v) is 3.94. The van der Waals surface area contributed by atoms with Crippen molar-refractivity contribution < 1.29 is 4.74 Å². The van der Waals surface area contributed by atoms with Crippen LogP contribution >= 0.6 is 11.5 Å². The smallest absolute Gasteiger partial charge is 0.135 e. The topological polar surface area (TPSA) is 47.0 Å². The SMILES string of the molecule is CCNc1snnc1COCC1CCCCC1. The van der Waals surface area contributed by atoms with Crippen molar-refractivity contribution in [2.24, 2.45) is 5.92 Å². The van der Waals surface area contributed by atoms with Crippen LogP contribution in [0.1, 0.15) is 44.7 Å². The first-order valence-electron chi connectivity index (χ1n) is 6.53. The van der Waals surface area contributed by atoms with E-state index in [-0.39, 0.29) is 0 Å². The van der Waals surface area contributed by atoms with Crippen LogP contribution in [0.3, 0.4) is 0 Å². The van der Waals surface area contributed by atoms with Gasteiger partial charge in [-0.05, 0) is 25.7 Å². The summed E-state index contributed by atoms with van der Waals surface area (Å²) in [4.78, 5) is 0. The zero-order valence-electron chi connectivity index (χ0n) is 10.4. The summed E-state index contributed by atoms with van der Waals surface area (Å²) in [5.41, 5.74) is 0.952. The predicted molar refractivity (Wildman–Crippen MR) is 70.3 cm³/mol. The fourth-order valence-electron chi connectivity index (χ4n) is 2.27. The number of hydrogen-bond acceptors (Lipinski definition) is 5. The largest absolute Gasteiger partial charge is 0.375 e. The first-order valence-corrected chi connectivity index (χ1v) is 7.30. The Morgan fingerprint density at radius 2 is 2.18 bits per heavy atom. The Morgan fingerprint density at radius 1 is 1.35 bits per heavy atom. The number of nitrogens with one attached hydrogen (secondary N) is 1. The van der Waals surface area contributed by atoms with Crippen molar-refractivity contribution in [2.45, 2.75) is 45.6 Å². The van der Waals surface area contributed by atoms with Crippen LogP contribution in [0.25, 0.3) is 0 Å². The van der Waals surface area contributed by atoms with Crippen molar-refractivity contribution in [3.63, 3.8) is 0 Å². The van der Waals surface area contributed by atoms with Gasteiger partial charge in [-0.15, -0.1) is 5.10 Å². The van der Waals surface area contributed by atoms with Gasteiger partial charge in [0.15, 0.2) is 0 Å². The molecule has 17 heavy (non-hydrogen) atoms. The number of rotatable bonds is 6. The number of ether oxygens (including phenoxy) is 1. The highest BCUT2D eigenvalue weighted by Crippen LogP contribution is 2.24. The third kappa shape index (κ3) is 3.92. The maximum absolute atomic E-state index is 5.77. The Labute approximate surface area is 107 Å². The maximum atomic E-state index is 5.77. The average molecular weight is 255 g/mol. The molecule has 1 aliphatic rings. The molecule has 0 saturated heterocycles. The van der Waals surface area contributed by atoms with E-state index < -0.39 is 0 Å². The van der Waals surface area contributed by atoms with Gasteiger partial charge in [-0.3, -0.25) is 0 Å². The lowest BCUT2D eigenvalue weighted by molar-refractivity contribution is 0.0723. The van der Waals surface area contributed by atoms with Crippen LogP contribution in [0.15, 0.2) is 0 Å². The van der Waals surface area contributed by atoms with E-state index in [1.807, 2.05) is 0 Å². The van der Waals surface area contributed by atoms with Crippen molar-refractivity contribution in [1.82, 2.24) is 9.59 Å². The van der Waals surface area contributed by atoms with Gasteiger partial charge < -0.3 is 10.1 Å². The van der Waals surface area contributed by atoms with Crippen molar-refractivity contribution >= 4 is 16.5 Å². The lowest BCUT2D eigenvalue weighted by Crippen LogP contribution is -2.13. The monoisotopic (exact) mass is 255 g/mol. The molecule has 1 aromatic rings. The molecule has 0 atom stereocenters. The van der Waals surface area contributed by atoms with Gasteiger partial charge in [0, 0.05) is 24.7 Å². The van der Waals surface area contributed by atoms with Gasteiger partial charge in [0.05, 0.1) is 6.61 Å². The number of aromatic nitrogens is 2. The van der Waals surface area contributed by atoms with Crippen LogP contribution < -0.4 is 5.32 Å². The standard InChI is InChI=1S/C12H21N3OS/c1-2-13-12-11(14-15-17-12)9-16-8-10-6-4-3-5-7-10/h10,13H,2-9H2,1H3. The van der Waals surface area contributed by atoms with Gasteiger partial charge in [-0.25, -0.2) is 0 Å². The first-order chi connectivity index (χ1) is 8.40. The van der Waals surface area contributed by atoms with E-state index in [0.29, 0.717) is 6.61 Å². The van der Waals surface area contributed by atoms with Crippen LogP contribution in [0.4, 0.5) is 5.00 Å². The number of hydrogen-bond donors (Lipinski definition) is 1. The van der Waals surface area contributed by atoms with Crippen LogP contribution in [-0.4, -0.2) is 22.7 Å². The summed E-state index contributed by atoms with van der Waals surface area (Å²) in [5, 5.41) is 8.41. The molecule has 1 fully saturated rings. The van der Waals surface area contributed by atoms with Crippen molar-refractivity contribution in [3.05, 3.63) is 5.69 Å². The predicted octanol–water partition coefficient (Wildman–Crippen LogP) is 3.07. The van der Waals surface area contributed by atoms with E-state index in [1.54, 1.807) is 0 Å². The summed E-state index contributed by atoms with van der Waals surface area (Å²) in [6, 6.07) is 0. The highest BCUT2D eigenvalue weighted by Gasteiger charge is 2.14. The zero-order chi connectivity index (χ0) is 11.9. The van der Waals surface area contributed by atoms with E-state index in [9.17, 15) is 0 Å². The summed E-state index contributed by atoms with van der Waals surface area (Å²) in [6.07, 6.45) is 6.80. The molecule has 1 N–H and O–H groups in total.